The van der Waals surface area contributed by atoms with Crippen molar-refractivity contribution in [2.45, 2.75) is 57.7 Å². The van der Waals surface area contributed by atoms with E-state index >= 15 is 0 Å². The van der Waals surface area contributed by atoms with Crippen LogP contribution in [0.2, 0.25) is 0 Å². The summed E-state index contributed by atoms with van der Waals surface area (Å²) in [6, 6.07) is 2.22. The Hall–Kier alpha value is 0.270. The maximum absolute atomic E-state index is 3.65. The number of hydrogen-bond donors (Lipinski definition) is 1. The summed E-state index contributed by atoms with van der Waals surface area (Å²) in [5.41, 5.74) is 0. The first-order chi connectivity index (χ1) is 7.13. The third-order valence-corrected chi connectivity index (χ3v) is 3.89. The fourth-order valence-electron chi connectivity index (χ4n) is 2.46. The molecule has 0 aromatic heterocycles. The van der Waals surface area contributed by atoms with Gasteiger partial charge in [-0.25, -0.2) is 0 Å². The van der Waals surface area contributed by atoms with Gasteiger partial charge in [0.2, 0.25) is 0 Å². The SMILES string of the molecule is CSCN(C)[C@H]1CC[C@H](NC(C)C)CC1. The summed E-state index contributed by atoms with van der Waals surface area (Å²) in [6.45, 7) is 4.48. The monoisotopic (exact) mass is 230 g/mol. The van der Waals surface area contributed by atoms with Gasteiger partial charge in [-0.05, 0) is 39.0 Å². The lowest BCUT2D eigenvalue weighted by atomic mass is 9.90. The van der Waals surface area contributed by atoms with Crippen LogP contribution < -0.4 is 5.32 Å². The highest BCUT2D eigenvalue weighted by molar-refractivity contribution is 7.98. The van der Waals surface area contributed by atoms with Crippen molar-refractivity contribution in [3.05, 3.63) is 0 Å². The highest BCUT2D eigenvalue weighted by Crippen LogP contribution is 2.23. The Kier molecular flexibility index (Phi) is 6.02. The van der Waals surface area contributed by atoms with Gasteiger partial charge >= 0.3 is 0 Å². The molecular formula is C12H26N2S. The first kappa shape index (κ1) is 13.3. The van der Waals surface area contributed by atoms with Crippen LogP contribution in [0.25, 0.3) is 0 Å². The molecule has 0 heterocycles. The molecule has 0 atom stereocenters. The molecule has 0 bridgehead atoms. The fraction of sp³-hybridized carbons (Fsp3) is 1.00. The summed E-state index contributed by atoms with van der Waals surface area (Å²) in [5.74, 6) is 1.17. The maximum Gasteiger partial charge on any atom is 0.0441 e. The molecule has 1 fully saturated rings. The minimum absolute atomic E-state index is 0.635. The van der Waals surface area contributed by atoms with E-state index in [1.165, 1.54) is 31.6 Å². The molecule has 15 heavy (non-hydrogen) atoms. The Morgan fingerprint density at radius 3 is 2.33 bits per heavy atom. The van der Waals surface area contributed by atoms with E-state index in [2.05, 4.69) is 37.4 Å². The molecule has 0 aliphatic heterocycles. The minimum atomic E-state index is 0.635. The van der Waals surface area contributed by atoms with Gasteiger partial charge in [0.1, 0.15) is 0 Å². The standard InChI is InChI=1S/C12H26N2S/c1-10(2)13-11-5-7-12(8-6-11)14(3)9-15-4/h10-13H,5-9H2,1-4H3/t11-,12-. The van der Waals surface area contributed by atoms with E-state index in [1.807, 2.05) is 11.8 Å². The third kappa shape index (κ3) is 4.75. The molecule has 0 unspecified atom stereocenters. The molecule has 1 aliphatic rings. The number of hydrogen-bond acceptors (Lipinski definition) is 3. The largest absolute Gasteiger partial charge is 0.312 e. The molecule has 0 radical (unpaired) electrons. The van der Waals surface area contributed by atoms with Gasteiger partial charge in [-0.2, -0.15) is 0 Å². The van der Waals surface area contributed by atoms with Crippen LogP contribution in [-0.2, 0) is 0 Å². The molecule has 1 N–H and O–H groups in total. The van der Waals surface area contributed by atoms with Gasteiger partial charge in [0.05, 0.1) is 0 Å². The van der Waals surface area contributed by atoms with Gasteiger partial charge in [0.15, 0.2) is 0 Å². The van der Waals surface area contributed by atoms with Crippen LogP contribution in [0.5, 0.6) is 0 Å². The summed E-state index contributed by atoms with van der Waals surface area (Å²) < 4.78 is 0. The number of nitrogens with one attached hydrogen (secondary N) is 1. The van der Waals surface area contributed by atoms with Crippen molar-refractivity contribution in [2.24, 2.45) is 0 Å². The van der Waals surface area contributed by atoms with E-state index in [4.69, 9.17) is 0 Å². The summed E-state index contributed by atoms with van der Waals surface area (Å²) in [6.07, 6.45) is 7.61. The van der Waals surface area contributed by atoms with Crippen molar-refractivity contribution in [3.8, 4) is 0 Å². The smallest absolute Gasteiger partial charge is 0.0441 e. The van der Waals surface area contributed by atoms with E-state index in [-0.39, 0.29) is 0 Å². The normalized spacial score (nSPS) is 27.6. The minimum Gasteiger partial charge on any atom is -0.312 e. The second-order valence-electron chi connectivity index (χ2n) is 5.00. The van der Waals surface area contributed by atoms with Crippen LogP contribution in [-0.4, -0.2) is 42.2 Å². The van der Waals surface area contributed by atoms with E-state index in [0.29, 0.717) is 6.04 Å². The van der Waals surface area contributed by atoms with E-state index in [0.717, 1.165) is 12.1 Å². The Morgan fingerprint density at radius 1 is 1.27 bits per heavy atom. The summed E-state index contributed by atoms with van der Waals surface area (Å²) in [7, 11) is 2.26. The predicted octanol–water partition coefficient (Wildman–Crippen LogP) is 2.55. The highest BCUT2D eigenvalue weighted by atomic mass is 32.2. The molecule has 0 aromatic rings. The van der Waals surface area contributed by atoms with Gasteiger partial charge < -0.3 is 5.32 Å². The lowest BCUT2D eigenvalue weighted by Gasteiger charge is -2.35. The zero-order valence-corrected chi connectivity index (χ0v) is 11.4. The van der Waals surface area contributed by atoms with Crippen LogP contribution in [0, 0.1) is 0 Å². The Bertz CT molecular complexity index is 165. The molecule has 1 aliphatic carbocycles. The number of rotatable bonds is 5. The van der Waals surface area contributed by atoms with Crippen LogP contribution in [0.15, 0.2) is 0 Å². The van der Waals surface area contributed by atoms with Gasteiger partial charge in [-0.1, -0.05) is 13.8 Å². The van der Waals surface area contributed by atoms with E-state index in [9.17, 15) is 0 Å². The average Bonchev–Trinajstić information content (AvgIpc) is 2.18. The summed E-state index contributed by atoms with van der Waals surface area (Å²) in [4.78, 5) is 2.51. The first-order valence-electron chi connectivity index (χ1n) is 6.08. The second-order valence-corrected chi connectivity index (χ2v) is 5.84. The van der Waals surface area contributed by atoms with Gasteiger partial charge in [0, 0.05) is 24.0 Å². The fourth-order valence-corrected chi connectivity index (χ4v) is 3.08. The highest BCUT2D eigenvalue weighted by Gasteiger charge is 2.23. The molecule has 90 valence electrons. The van der Waals surface area contributed by atoms with Crippen molar-refractivity contribution >= 4 is 11.8 Å². The zero-order valence-electron chi connectivity index (χ0n) is 10.6. The van der Waals surface area contributed by atoms with Gasteiger partial charge in [-0.3, -0.25) is 4.90 Å². The first-order valence-corrected chi connectivity index (χ1v) is 7.48. The van der Waals surface area contributed by atoms with Crippen molar-refractivity contribution < 1.29 is 0 Å². The molecule has 0 amide bonds. The Labute approximate surface area is 99.2 Å². The van der Waals surface area contributed by atoms with E-state index in [1.54, 1.807) is 0 Å². The van der Waals surface area contributed by atoms with E-state index < -0.39 is 0 Å². The molecular weight excluding hydrogens is 204 g/mol. The lowest BCUT2D eigenvalue weighted by molar-refractivity contribution is 0.194. The van der Waals surface area contributed by atoms with Crippen molar-refractivity contribution in [2.75, 3.05) is 19.2 Å². The van der Waals surface area contributed by atoms with Crippen molar-refractivity contribution in [1.29, 1.82) is 0 Å². The molecule has 0 aromatic carbocycles. The zero-order chi connectivity index (χ0) is 11.3. The van der Waals surface area contributed by atoms with Crippen molar-refractivity contribution in [3.63, 3.8) is 0 Å². The molecule has 0 saturated heterocycles. The number of thioether (sulfide) groups is 1. The molecule has 1 saturated carbocycles. The van der Waals surface area contributed by atoms with Gasteiger partial charge in [-0.15, -0.1) is 11.8 Å². The molecule has 2 nitrogen and oxygen atoms in total. The average molecular weight is 230 g/mol. The van der Waals surface area contributed by atoms with Crippen LogP contribution >= 0.6 is 11.8 Å². The lowest BCUT2D eigenvalue weighted by Crippen LogP contribution is -2.42. The Balaban J connectivity index is 2.23. The van der Waals surface area contributed by atoms with Gasteiger partial charge in [0.25, 0.3) is 0 Å². The second kappa shape index (κ2) is 6.77. The molecule has 3 heteroatoms. The quantitative estimate of drug-likeness (QED) is 0.731. The predicted molar refractivity (Wildman–Crippen MR) is 70.5 cm³/mol. The van der Waals surface area contributed by atoms with Crippen molar-refractivity contribution in [1.82, 2.24) is 10.2 Å². The topological polar surface area (TPSA) is 15.3 Å². The van der Waals surface area contributed by atoms with Crippen LogP contribution in [0.4, 0.5) is 0 Å². The van der Waals surface area contributed by atoms with Crippen LogP contribution in [0.3, 0.4) is 0 Å². The number of nitrogens with zero attached hydrogens (tertiary/aromatic N) is 1. The Morgan fingerprint density at radius 2 is 1.87 bits per heavy atom. The summed E-state index contributed by atoms with van der Waals surface area (Å²) >= 11 is 1.93. The summed E-state index contributed by atoms with van der Waals surface area (Å²) in [5, 5.41) is 3.65. The van der Waals surface area contributed by atoms with Crippen LogP contribution in [0.1, 0.15) is 39.5 Å². The molecule has 1 rings (SSSR count). The third-order valence-electron chi connectivity index (χ3n) is 3.22. The molecule has 0 spiro atoms. The maximum atomic E-state index is 3.65.